The van der Waals surface area contributed by atoms with Crippen LogP contribution in [-0.4, -0.2) is 31.3 Å². The van der Waals surface area contributed by atoms with Crippen molar-refractivity contribution < 1.29 is 30.8 Å². The standard InChI is InChI=1S/C22H21F4N3O3S2/c1-4-10-33-21-16(6-8-18(28-21)22(24,25)26)7-9-19(30)27-13-14-11-15(5-2)20(17(23)12-14)29-34(3,31)32/h2,6-9,11-12,29H,4,10,13H2,1,3H3,(H,27,30). The summed E-state index contributed by atoms with van der Waals surface area (Å²) in [6, 6.07) is 4.45. The van der Waals surface area contributed by atoms with Crippen LogP contribution in [0.5, 0.6) is 0 Å². The Labute approximate surface area is 199 Å². The number of pyridine rings is 1. The summed E-state index contributed by atoms with van der Waals surface area (Å²) in [4.78, 5) is 15.9. The highest BCUT2D eigenvalue weighted by molar-refractivity contribution is 7.99. The molecule has 1 aromatic heterocycles. The number of terminal acetylenes is 1. The lowest BCUT2D eigenvalue weighted by Crippen LogP contribution is -2.21. The smallest absolute Gasteiger partial charge is 0.348 e. The van der Waals surface area contributed by atoms with E-state index in [0.29, 0.717) is 11.3 Å². The average molecular weight is 516 g/mol. The van der Waals surface area contributed by atoms with Crippen molar-refractivity contribution >= 4 is 39.5 Å². The van der Waals surface area contributed by atoms with Crippen LogP contribution in [0.4, 0.5) is 23.2 Å². The maximum absolute atomic E-state index is 14.3. The molecule has 1 amide bonds. The molecule has 6 nitrogen and oxygen atoms in total. The second-order valence-electron chi connectivity index (χ2n) is 7.01. The van der Waals surface area contributed by atoms with Crippen molar-refractivity contribution in [2.24, 2.45) is 0 Å². The minimum atomic E-state index is -4.58. The van der Waals surface area contributed by atoms with Gasteiger partial charge in [-0.05, 0) is 42.0 Å². The number of amides is 1. The van der Waals surface area contributed by atoms with Crippen LogP contribution < -0.4 is 10.0 Å². The number of carbonyl (C=O) groups excluding carboxylic acids is 1. The number of halogens is 4. The third kappa shape index (κ3) is 8.07. The highest BCUT2D eigenvalue weighted by Gasteiger charge is 2.32. The van der Waals surface area contributed by atoms with Crippen LogP contribution in [0.15, 0.2) is 35.4 Å². The van der Waals surface area contributed by atoms with E-state index in [1.165, 1.54) is 18.2 Å². The van der Waals surface area contributed by atoms with Crippen LogP contribution >= 0.6 is 11.8 Å². The predicted octanol–water partition coefficient (Wildman–Crippen LogP) is 4.42. The van der Waals surface area contributed by atoms with Crippen LogP contribution in [0, 0.1) is 18.2 Å². The molecule has 1 heterocycles. The summed E-state index contributed by atoms with van der Waals surface area (Å²) in [5.41, 5.74) is -0.807. The maximum Gasteiger partial charge on any atom is 0.433 e. The molecule has 0 bridgehead atoms. The first-order valence-corrected chi connectivity index (χ1v) is 12.7. The van der Waals surface area contributed by atoms with Crippen LogP contribution in [0.2, 0.25) is 0 Å². The number of alkyl halides is 3. The normalized spacial score (nSPS) is 11.9. The zero-order valence-electron chi connectivity index (χ0n) is 18.2. The van der Waals surface area contributed by atoms with Gasteiger partial charge in [-0.15, -0.1) is 18.2 Å². The van der Waals surface area contributed by atoms with Crippen LogP contribution in [-0.2, 0) is 27.5 Å². The van der Waals surface area contributed by atoms with Gasteiger partial charge in [-0.25, -0.2) is 17.8 Å². The first-order valence-electron chi connectivity index (χ1n) is 9.77. The molecule has 12 heteroatoms. The van der Waals surface area contributed by atoms with E-state index >= 15 is 0 Å². The fourth-order valence-corrected chi connectivity index (χ4v) is 4.07. The van der Waals surface area contributed by atoms with Gasteiger partial charge >= 0.3 is 6.18 Å². The fraction of sp³-hybridized carbons (Fsp3) is 0.273. The molecule has 0 aliphatic rings. The third-order valence-electron chi connectivity index (χ3n) is 4.10. The molecular weight excluding hydrogens is 494 g/mol. The lowest BCUT2D eigenvalue weighted by atomic mass is 10.1. The number of nitrogens with zero attached hydrogens (tertiary/aromatic N) is 1. The Morgan fingerprint density at radius 2 is 2.00 bits per heavy atom. The summed E-state index contributed by atoms with van der Waals surface area (Å²) >= 11 is 1.15. The summed E-state index contributed by atoms with van der Waals surface area (Å²) in [6.45, 7) is 1.75. The molecule has 0 saturated carbocycles. The van der Waals surface area contributed by atoms with Gasteiger partial charge in [-0.3, -0.25) is 9.52 Å². The van der Waals surface area contributed by atoms with E-state index in [9.17, 15) is 30.8 Å². The van der Waals surface area contributed by atoms with Gasteiger partial charge in [0.25, 0.3) is 0 Å². The average Bonchev–Trinajstić information content (AvgIpc) is 2.75. The Morgan fingerprint density at radius 3 is 2.59 bits per heavy atom. The molecule has 0 aliphatic heterocycles. The lowest BCUT2D eigenvalue weighted by molar-refractivity contribution is -0.141. The summed E-state index contributed by atoms with van der Waals surface area (Å²) in [7, 11) is -3.76. The summed E-state index contributed by atoms with van der Waals surface area (Å²) < 4.78 is 78.0. The molecule has 34 heavy (non-hydrogen) atoms. The highest BCUT2D eigenvalue weighted by Crippen LogP contribution is 2.31. The van der Waals surface area contributed by atoms with Crippen molar-refractivity contribution in [1.82, 2.24) is 10.3 Å². The molecule has 182 valence electrons. The Morgan fingerprint density at radius 1 is 1.29 bits per heavy atom. The molecule has 0 aliphatic carbocycles. The number of thioether (sulfide) groups is 1. The second kappa shape index (κ2) is 11.4. The quantitative estimate of drug-likeness (QED) is 0.223. The van der Waals surface area contributed by atoms with Crippen LogP contribution in [0.25, 0.3) is 6.08 Å². The van der Waals surface area contributed by atoms with Crippen molar-refractivity contribution in [2.75, 3.05) is 16.7 Å². The van der Waals surface area contributed by atoms with E-state index in [4.69, 9.17) is 6.42 Å². The fourth-order valence-electron chi connectivity index (χ4n) is 2.63. The van der Waals surface area contributed by atoms with E-state index in [1.54, 1.807) is 0 Å². The number of hydrogen-bond acceptors (Lipinski definition) is 5. The van der Waals surface area contributed by atoms with Crippen LogP contribution in [0.3, 0.4) is 0 Å². The number of sulfonamides is 1. The first kappa shape index (κ1) is 27.2. The molecule has 2 N–H and O–H groups in total. The maximum atomic E-state index is 14.3. The third-order valence-corrected chi connectivity index (χ3v) is 5.88. The number of benzene rings is 1. The van der Waals surface area contributed by atoms with Gasteiger partial charge in [0.05, 0.1) is 17.5 Å². The SMILES string of the molecule is C#Cc1cc(CNC(=O)C=Cc2ccc(C(F)(F)F)nc2SCCC)cc(F)c1NS(C)(=O)=O. The summed E-state index contributed by atoms with van der Waals surface area (Å²) in [6.07, 6.45) is 4.79. The van der Waals surface area contributed by atoms with Gasteiger partial charge in [-0.1, -0.05) is 18.9 Å². The Balaban J connectivity index is 2.15. The molecule has 0 atom stereocenters. The van der Waals surface area contributed by atoms with E-state index in [1.807, 2.05) is 11.6 Å². The van der Waals surface area contributed by atoms with Crippen LogP contribution in [0.1, 0.15) is 35.7 Å². The monoisotopic (exact) mass is 515 g/mol. The van der Waals surface area contributed by atoms with Crippen molar-refractivity contribution in [3.8, 4) is 12.3 Å². The number of nitrogens with one attached hydrogen (secondary N) is 2. The summed E-state index contributed by atoms with van der Waals surface area (Å²) in [5.74, 6) is 1.24. The topological polar surface area (TPSA) is 88.2 Å². The van der Waals surface area contributed by atoms with Gasteiger partial charge in [-0.2, -0.15) is 13.2 Å². The van der Waals surface area contributed by atoms with Crippen molar-refractivity contribution in [2.45, 2.75) is 31.1 Å². The molecule has 0 unspecified atom stereocenters. The molecule has 0 fully saturated rings. The van der Waals surface area contributed by atoms with E-state index in [-0.39, 0.29) is 28.4 Å². The van der Waals surface area contributed by atoms with Crippen molar-refractivity contribution in [3.05, 3.63) is 58.5 Å². The van der Waals surface area contributed by atoms with Crippen molar-refractivity contribution in [3.63, 3.8) is 0 Å². The van der Waals surface area contributed by atoms with Crippen molar-refractivity contribution in [1.29, 1.82) is 0 Å². The molecular formula is C22H21F4N3O3S2. The predicted molar refractivity (Wildman–Crippen MR) is 124 cm³/mol. The lowest BCUT2D eigenvalue weighted by Gasteiger charge is -2.11. The molecule has 0 spiro atoms. The Kier molecular flexibility index (Phi) is 9.12. The van der Waals surface area contributed by atoms with Gasteiger partial charge in [0, 0.05) is 18.2 Å². The highest BCUT2D eigenvalue weighted by atomic mass is 32.2. The Bertz CT molecular complexity index is 1240. The molecule has 0 saturated heterocycles. The minimum absolute atomic E-state index is 0.0429. The molecule has 2 aromatic rings. The summed E-state index contributed by atoms with van der Waals surface area (Å²) in [5, 5.41) is 2.66. The molecule has 0 radical (unpaired) electrons. The Hall–Kier alpha value is -3.04. The number of aromatic nitrogens is 1. The zero-order valence-corrected chi connectivity index (χ0v) is 19.8. The molecule has 2 rings (SSSR count). The second-order valence-corrected chi connectivity index (χ2v) is 9.84. The van der Waals surface area contributed by atoms with E-state index in [2.05, 4.69) is 16.2 Å². The van der Waals surface area contributed by atoms with Gasteiger partial charge in [0.1, 0.15) is 16.5 Å². The number of anilines is 1. The zero-order chi connectivity index (χ0) is 25.5. The minimum Gasteiger partial charge on any atom is -0.348 e. The van der Waals surface area contributed by atoms with Gasteiger partial charge in [0.2, 0.25) is 15.9 Å². The number of carbonyl (C=O) groups is 1. The van der Waals surface area contributed by atoms with Gasteiger partial charge in [0.15, 0.2) is 0 Å². The largest absolute Gasteiger partial charge is 0.433 e. The molecule has 1 aromatic carbocycles. The number of hydrogen-bond donors (Lipinski definition) is 2. The van der Waals surface area contributed by atoms with E-state index < -0.39 is 33.6 Å². The number of rotatable bonds is 9. The van der Waals surface area contributed by atoms with Gasteiger partial charge < -0.3 is 5.32 Å². The first-order chi connectivity index (χ1) is 15.8. The van der Waals surface area contributed by atoms with E-state index in [0.717, 1.165) is 42.6 Å².